The summed E-state index contributed by atoms with van der Waals surface area (Å²) in [4.78, 5) is 25.3. The van der Waals surface area contributed by atoms with Gasteiger partial charge in [-0.3, -0.25) is 14.9 Å². The van der Waals surface area contributed by atoms with E-state index in [1.54, 1.807) is 48.5 Å². The first-order valence-electron chi connectivity index (χ1n) is 9.77. The Morgan fingerprint density at radius 1 is 1.00 bits per heavy atom. The van der Waals surface area contributed by atoms with Crippen molar-refractivity contribution in [1.29, 1.82) is 0 Å². The van der Waals surface area contributed by atoms with Crippen molar-refractivity contribution in [2.75, 3.05) is 17.7 Å². The maximum atomic E-state index is 12.4. The molecule has 0 unspecified atom stereocenters. The number of benzene rings is 2. The fraction of sp³-hybridized carbons (Fsp3) is 0.174. The zero-order valence-electron chi connectivity index (χ0n) is 17.8. The second kappa shape index (κ2) is 10.7. The van der Waals surface area contributed by atoms with Crippen molar-refractivity contribution in [3.05, 3.63) is 70.4 Å². The minimum absolute atomic E-state index is 0.0545. The maximum Gasteiger partial charge on any atom is 0.265 e. The van der Waals surface area contributed by atoms with Crippen LogP contribution in [0.4, 0.5) is 11.4 Å². The highest BCUT2D eigenvalue weighted by molar-refractivity contribution is 7.80. The second-order valence-electron chi connectivity index (χ2n) is 6.95. The number of ether oxygens (including phenoxy) is 2. The summed E-state index contributed by atoms with van der Waals surface area (Å²) >= 11 is 6.61. The third-order valence-corrected chi connectivity index (χ3v) is 5.24. The van der Waals surface area contributed by atoms with E-state index in [9.17, 15) is 9.59 Å². The number of carbonyl (C=O) groups excluding carboxylic acids is 2. The zero-order chi connectivity index (χ0) is 23.1. The molecule has 3 rings (SSSR count). The van der Waals surface area contributed by atoms with Crippen molar-refractivity contribution in [1.82, 2.24) is 5.32 Å². The Balaban J connectivity index is 1.60. The van der Waals surface area contributed by atoms with E-state index in [4.69, 9.17) is 21.7 Å². The largest absolute Gasteiger partial charge is 0.494 e. The van der Waals surface area contributed by atoms with Crippen LogP contribution in [-0.2, 0) is 0 Å². The van der Waals surface area contributed by atoms with E-state index in [0.29, 0.717) is 33.3 Å². The van der Waals surface area contributed by atoms with Crippen molar-refractivity contribution in [3.63, 3.8) is 0 Å². The van der Waals surface area contributed by atoms with E-state index in [1.807, 2.05) is 25.3 Å². The number of thiophene rings is 1. The van der Waals surface area contributed by atoms with Gasteiger partial charge in [0.1, 0.15) is 11.5 Å². The summed E-state index contributed by atoms with van der Waals surface area (Å²) in [7, 11) is 1.51. The molecular weight excluding hydrogens is 446 g/mol. The van der Waals surface area contributed by atoms with E-state index >= 15 is 0 Å². The van der Waals surface area contributed by atoms with Gasteiger partial charge in [-0.25, -0.2) is 0 Å². The number of anilines is 2. The molecule has 0 aliphatic rings. The van der Waals surface area contributed by atoms with Crippen LogP contribution >= 0.6 is 23.6 Å². The van der Waals surface area contributed by atoms with Crippen LogP contribution < -0.4 is 25.4 Å². The summed E-state index contributed by atoms with van der Waals surface area (Å²) in [5.74, 6) is 0.586. The molecule has 0 aliphatic carbocycles. The van der Waals surface area contributed by atoms with Gasteiger partial charge in [0.25, 0.3) is 11.8 Å². The topological polar surface area (TPSA) is 88.7 Å². The van der Waals surface area contributed by atoms with E-state index in [0.717, 1.165) is 0 Å². The molecule has 1 heterocycles. The minimum Gasteiger partial charge on any atom is -0.494 e. The van der Waals surface area contributed by atoms with Crippen molar-refractivity contribution in [2.45, 2.75) is 20.0 Å². The Morgan fingerprint density at radius 3 is 2.38 bits per heavy atom. The van der Waals surface area contributed by atoms with Gasteiger partial charge in [-0.2, -0.15) is 0 Å². The predicted molar refractivity (Wildman–Crippen MR) is 131 cm³/mol. The number of carbonyl (C=O) groups is 2. The number of amides is 2. The lowest BCUT2D eigenvalue weighted by atomic mass is 10.2. The van der Waals surface area contributed by atoms with Gasteiger partial charge < -0.3 is 20.1 Å². The summed E-state index contributed by atoms with van der Waals surface area (Å²) in [5.41, 5.74) is 1.58. The van der Waals surface area contributed by atoms with Gasteiger partial charge in [0, 0.05) is 17.3 Å². The van der Waals surface area contributed by atoms with E-state index in [1.165, 1.54) is 18.4 Å². The average Bonchev–Trinajstić information content (AvgIpc) is 3.30. The summed E-state index contributed by atoms with van der Waals surface area (Å²) in [6.07, 6.45) is 0.0545. The Kier molecular flexibility index (Phi) is 7.80. The zero-order valence-corrected chi connectivity index (χ0v) is 19.4. The second-order valence-corrected chi connectivity index (χ2v) is 8.30. The van der Waals surface area contributed by atoms with Crippen molar-refractivity contribution in [3.8, 4) is 11.5 Å². The van der Waals surface area contributed by atoms with Gasteiger partial charge in [-0.1, -0.05) is 6.07 Å². The molecule has 0 fully saturated rings. The van der Waals surface area contributed by atoms with E-state index in [-0.39, 0.29) is 23.0 Å². The molecule has 7 nitrogen and oxygen atoms in total. The van der Waals surface area contributed by atoms with Crippen LogP contribution in [0.3, 0.4) is 0 Å². The van der Waals surface area contributed by atoms with Crippen LogP contribution in [0.1, 0.15) is 33.9 Å². The van der Waals surface area contributed by atoms with Gasteiger partial charge in [0.2, 0.25) is 0 Å². The average molecular weight is 470 g/mol. The lowest BCUT2D eigenvalue weighted by molar-refractivity contribution is 0.0976. The molecule has 9 heteroatoms. The van der Waals surface area contributed by atoms with E-state index < -0.39 is 0 Å². The number of thiocarbonyl (C=S) groups is 1. The molecule has 0 bridgehead atoms. The van der Waals surface area contributed by atoms with E-state index in [2.05, 4.69) is 16.0 Å². The summed E-state index contributed by atoms with van der Waals surface area (Å²) in [6, 6.07) is 15.5. The minimum atomic E-state index is -0.342. The first-order valence-corrected chi connectivity index (χ1v) is 11.1. The summed E-state index contributed by atoms with van der Waals surface area (Å²) < 4.78 is 11.0. The van der Waals surface area contributed by atoms with Crippen molar-refractivity contribution < 1.29 is 19.1 Å². The third-order valence-electron chi connectivity index (χ3n) is 4.17. The Labute approximate surface area is 195 Å². The molecular formula is C23H23N3O4S2. The highest BCUT2D eigenvalue weighted by atomic mass is 32.1. The number of nitrogens with one attached hydrogen (secondary N) is 3. The fourth-order valence-corrected chi connectivity index (χ4v) is 3.59. The number of hydrogen-bond acceptors (Lipinski definition) is 6. The number of rotatable bonds is 7. The van der Waals surface area contributed by atoms with Crippen LogP contribution in [0.5, 0.6) is 11.5 Å². The third kappa shape index (κ3) is 6.29. The molecule has 0 atom stereocenters. The van der Waals surface area contributed by atoms with Gasteiger partial charge in [0.15, 0.2) is 5.11 Å². The number of methoxy groups -OCH3 is 1. The fourth-order valence-electron chi connectivity index (χ4n) is 2.76. The number of hydrogen-bond donors (Lipinski definition) is 3. The molecule has 0 saturated heterocycles. The lowest BCUT2D eigenvalue weighted by Gasteiger charge is -2.14. The lowest BCUT2D eigenvalue weighted by Crippen LogP contribution is -2.34. The van der Waals surface area contributed by atoms with Crippen LogP contribution in [0.15, 0.2) is 60.0 Å². The van der Waals surface area contributed by atoms with Gasteiger partial charge in [-0.15, -0.1) is 11.3 Å². The summed E-state index contributed by atoms with van der Waals surface area (Å²) in [5, 5.41) is 10.4. The van der Waals surface area contributed by atoms with Crippen LogP contribution in [0, 0.1) is 0 Å². The van der Waals surface area contributed by atoms with Crippen LogP contribution in [0.25, 0.3) is 0 Å². The Bertz CT molecular complexity index is 1100. The monoisotopic (exact) mass is 469 g/mol. The molecule has 166 valence electrons. The molecule has 32 heavy (non-hydrogen) atoms. The molecule has 3 aromatic rings. The highest BCUT2D eigenvalue weighted by Crippen LogP contribution is 2.29. The first-order chi connectivity index (χ1) is 15.4. The molecule has 0 spiro atoms. The molecule has 3 N–H and O–H groups in total. The van der Waals surface area contributed by atoms with Crippen molar-refractivity contribution in [2.24, 2.45) is 0 Å². The maximum absolute atomic E-state index is 12.4. The van der Waals surface area contributed by atoms with Gasteiger partial charge in [0.05, 0.1) is 23.8 Å². The molecule has 2 amide bonds. The highest BCUT2D eigenvalue weighted by Gasteiger charge is 2.13. The van der Waals surface area contributed by atoms with Gasteiger partial charge in [-0.05, 0) is 73.9 Å². The first kappa shape index (κ1) is 23.2. The molecule has 0 saturated carbocycles. The Hall–Kier alpha value is -3.43. The van der Waals surface area contributed by atoms with Crippen LogP contribution in [-0.4, -0.2) is 30.1 Å². The quantitative estimate of drug-likeness (QED) is 0.426. The van der Waals surface area contributed by atoms with Crippen LogP contribution in [0.2, 0.25) is 0 Å². The smallest absolute Gasteiger partial charge is 0.265 e. The normalized spacial score (nSPS) is 10.4. The molecule has 2 aromatic carbocycles. The predicted octanol–water partition coefficient (Wildman–Crippen LogP) is 4.92. The van der Waals surface area contributed by atoms with Gasteiger partial charge >= 0.3 is 0 Å². The van der Waals surface area contributed by atoms with Crippen molar-refractivity contribution >= 4 is 51.9 Å². The standard InChI is InChI=1S/C23H23N3O4S2/c1-14(2)30-17-9-6-15(7-10-17)21(27)26-23(31)24-16-8-11-18(19(13-16)29-3)25-22(28)20-5-4-12-32-20/h4-14H,1-3H3,(H,25,28)(H2,24,26,27,31). The SMILES string of the molecule is COc1cc(NC(=S)NC(=O)c2ccc(OC(C)C)cc2)ccc1NC(=O)c1cccs1. The molecule has 0 radical (unpaired) electrons. The summed E-state index contributed by atoms with van der Waals surface area (Å²) in [6.45, 7) is 3.87. The molecule has 1 aromatic heterocycles. The molecule has 0 aliphatic heterocycles. The Morgan fingerprint density at radius 2 is 1.75 bits per heavy atom.